The summed E-state index contributed by atoms with van der Waals surface area (Å²) in [6.45, 7) is 1.13. The number of rotatable bonds is 7. The predicted octanol–water partition coefficient (Wildman–Crippen LogP) is 2.96. The quantitative estimate of drug-likeness (QED) is 0.491. The SMILES string of the molecule is N#Cc1cccc(OCCSc2nncn2Cc2ccco2)c1. The van der Waals surface area contributed by atoms with Crippen LogP contribution in [0, 0.1) is 11.3 Å². The lowest BCUT2D eigenvalue weighted by atomic mass is 10.2. The smallest absolute Gasteiger partial charge is 0.191 e. The number of nitrogens with zero attached hydrogens (tertiary/aromatic N) is 4. The Bertz CT molecular complexity index is 793. The molecular weight excluding hydrogens is 312 g/mol. The highest BCUT2D eigenvalue weighted by atomic mass is 32.2. The van der Waals surface area contributed by atoms with Crippen LogP contribution in [0.1, 0.15) is 11.3 Å². The van der Waals surface area contributed by atoms with Gasteiger partial charge in [0.1, 0.15) is 17.8 Å². The summed E-state index contributed by atoms with van der Waals surface area (Å²) in [5.41, 5.74) is 0.591. The number of hydrogen-bond donors (Lipinski definition) is 0. The first kappa shape index (κ1) is 15.2. The lowest BCUT2D eigenvalue weighted by molar-refractivity contribution is 0.343. The van der Waals surface area contributed by atoms with Crippen LogP contribution in [0.2, 0.25) is 0 Å². The van der Waals surface area contributed by atoms with Gasteiger partial charge in [-0.1, -0.05) is 17.8 Å². The second-order valence-electron chi connectivity index (χ2n) is 4.66. The minimum absolute atomic E-state index is 0.521. The monoisotopic (exact) mass is 326 g/mol. The van der Waals surface area contributed by atoms with E-state index in [-0.39, 0.29) is 0 Å². The summed E-state index contributed by atoms with van der Waals surface area (Å²) in [5, 5.41) is 17.7. The summed E-state index contributed by atoms with van der Waals surface area (Å²) >= 11 is 1.56. The topological polar surface area (TPSA) is 76.9 Å². The van der Waals surface area contributed by atoms with E-state index in [1.54, 1.807) is 42.6 Å². The molecule has 2 heterocycles. The molecule has 0 aliphatic heterocycles. The van der Waals surface area contributed by atoms with E-state index in [0.717, 1.165) is 16.7 Å². The van der Waals surface area contributed by atoms with E-state index in [4.69, 9.17) is 14.4 Å². The molecule has 0 amide bonds. The van der Waals surface area contributed by atoms with Crippen LogP contribution in [0.5, 0.6) is 5.75 Å². The number of benzene rings is 1. The second kappa shape index (κ2) is 7.51. The van der Waals surface area contributed by atoms with Crippen molar-refractivity contribution in [2.45, 2.75) is 11.7 Å². The highest BCUT2D eigenvalue weighted by Gasteiger charge is 2.07. The molecule has 0 saturated heterocycles. The first-order valence-corrected chi connectivity index (χ1v) is 7.99. The minimum atomic E-state index is 0.521. The van der Waals surface area contributed by atoms with Gasteiger partial charge in [0.15, 0.2) is 5.16 Å². The van der Waals surface area contributed by atoms with E-state index in [1.807, 2.05) is 22.8 Å². The molecule has 23 heavy (non-hydrogen) atoms. The van der Waals surface area contributed by atoms with E-state index in [2.05, 4.69) is 16.3 Å². The third-order valence-corrected chi connectivity index (χ3v) is 3.98. The Morgan fingerprint density at radius 2 is 2.26 bits per heavy atom. The molecule has 0 saturated carbocycles. The van der Waals surface area contributed by atoms with Gasteiger partial charge < -0.3 is 13.7 Å². The third kappa shape index (κ3) is 4.14. The molecule has 6 nitrogen and oxygen atoms in total. The number of aromatic nitrogens is 3. The van der Waals surface area contributed by atoms with E-state index in [0.29, 0.717) is 24.5 Å². The summed E-state index contributed by atoms with van der Waals surface area (Å²) in [7, 11) is 0. The van der Waals surface area contributed by atoms with E-state index in [1.165, 1.54) is 0 Å². The van der Waals surface area contributed by atoms with Crippen molar-refractivity contribution in [3.8, 4) is 11.8 Å². The largest absolute Gasteiger partial charge is 0.493 e. The van der Waals surface area contributed by atoms with Crippen LogP contribution < -0.4 is 4.74 Å². The Morgan fingerprint density at radius 3 is 3.09 bits per heavy atom. The van der Waals surface area contributed by atoms with Crippen molar-refractivity contribution in [1.82, 2.24) is 14.8 Å². The van der Waals surface area contributed by atoms with Gasteiger partial charge in [-0.3, -0.25) is 0 Å². The molecule has 3 rings (SSSR count). The first-order chi connectivity index (χ1) is 11.3. The Balaban J connectivity index is 1.49. The lowest BCUT2D eigenvalue weighted by Gasteiger charge is -2.07. The summed E-state index contributed by atoms with van der Waals surface area (Å²) in [4.78, 5) is 0. The van der Waals surface area contributed by atoms with Crippen LogP contribution in [-0.2, 0) is 6.54 Å². The van der Waals surface area contributed by atoms with Crippen molar-refractivity contribution in [1.29, 1.82) is 5.26 Å². The van der Waals surface area contributed by atoms with E-state index in [9.17, 15) is 0 Å². The molecule has 0 fully saturated rings. The van der Waals surface area contributed by atoms with Crippen LogP contribution in [0.15, 0.2) is 58.6 Å². The zero-order valence-corrected chi connectivity index (χ0v) is 13.1. The van der Waals surface area contributed by atoms with Gasteiger partial charge in [-0.15, -0.1) is 10.2 Å². The van der Waals surface area contributed by atoms with Gasteiger partial charge in [0.25, 0.3) is 0 Å². The number of thioether (sulfide) groups is 1. The van der Waals surface area contributed by atoms with Crippen LogP contribution in [0.4, 0.5) is 0 Å². The standard InChI is InChI=1S/C16H14N4O2S/c17-10-13-3-1-4-14(9-13)22-7-8-23-16-19-18-12-20(16)11-15-5-2-6-21-15/h1-6,9,12H,7-8,11H2. The molecule has 0 aliphatic carbocycles. The zero-order chi connectivity index (χ0) is 15.9. The van der Waals surface area contributed by atoms with Crippen molar-refractivity contribution in [2.24, 2.45) is 0 Å². The molecule has 0 aliphatic rings. The van der Waals surface area contributed by atoms with E-state index >= 15 is 0 Å². The second-order valence-corrected chi connectivity index (χ2v) is 5.72. The maximum atomic E-state index is 8.86. The molecular formula is C16H14N4O2S. The average molecular weight is 326 g/mol. The molecule has 0 bridgehead atoms. The Labute approximate surface area is 137 Å². The summed E-state index contributed by atoms with van der Waals surface area (Å²) < 4.78 is 12.9. The molecule has 0 N–H and O–H groups in total. The maximum Gasteiger partial charge on any atom is 0.191 e. The molecule has 7 heteroatoms. The predicted molar refractivity (Wildman–Crippen MR) is 85.2 cm³/mol. The number of nitriles is 1. The normalized spacial score (nSPS) is 10.4. The molecule has 0 unspecified atom stereocenters. The highest BCUT2D eigenvalue weighted by molar-refractivity contribution is 7.99. The Hall–Kier alpha value is -2.72. The van der Waals surface area contributed by atoms with Crippen molar-refractivity contribution in [3.05, 3.63) is 60.3 Å². The molecule has 2 aromatic heterocycles. The van der Waals surface area contributed by atoms with Crippen LogP contribution >= 0.6 is 11.8 Å². The van der Waals surface area contributed by atoms with Gasteiger partial charge in [0, 0.05) is 5.75 Å². The summed E-state index contributed by atoms with van der Waals surface area (Å²) in [5.74, 6) is 2.28. The first-order valence-electron chi connectivity index (χ1n) is 7.01. The van der Waals surface area contributed by atoms with Gasteiger partial charge in [-0.05, 0) is 30.3 Å². The Kier molecular flexibility index (Phi) is 4.96. The third-order valence-electron chi connectivity index (χ3n) is 3.03. The zero-order valence-electron chi connectivity index (χ0n) is 12.3. The number of hydrogen-bond acceptors (Lipinski definition) is 6. The fourth-order valence-electron chi connectivity index (χ4n) is 1.98. The molecule has 1 aromatic carbocycles. The van der Waals surface area contributed by atoms with Crippen molar-refractivity contribution in [3.63, 3.8) is 0 Å². The number of ether oxygens (including phenoxy) is 1. The molecule has 116 valence electrons. The van der Waals surface area contributed by atoms with Gasteiger partial charge >= 0.3 is 0 Å². The van der Waals surface area contributed by atoms with Crippen molar-refractivity contribution in [2.75, 3.05) is 12.4 Å². The Morgan fingerprint density at radius 1 is 1.30 bits per heavy atom. The van der Waals surface area contributed by atoms with Crippen LogP contribution in [0.3, 0.4) is 0 Å². The average Bonchev–Trinajstić information content (AvgIpc) is 3.24. The highest BCUT2D eigenvalue weighted by Crippen LogP contribution is 2.18. The maximum absolute atomic E-state index is 8.86. The fraction of sp³-hybridized carbons (Fsp3) is 0.188. The number of furan rings is 1. The molecule has 3 aromatic rings. The van der Waals surface area contributed by atoms with Crippen molar-refractivity contribution < 1.29 is 9.15 Å². The van der Waals surface area contributed by atoms with Gasteiger partial charge in [-0.25, -0.2) is 0 Å². The lowest BCUT2D eigenvalue weighted by Crippen LogP contribution is -2.03. The van der Waals surface area contributed by atoms with Gasteiger partial charge in [-0.2, -0.15) is 5.26 Å². The molecule has 0 spiro atoms. The summed E-state index contributed by atoms with van der Waals surface area (Å²) in [6.07, 6.45) is 3.33. The van der Waals surface area contributed by atoms with Gasteiger partial charge in [0.05, 0.1) is 31.0 Å². The van der Waals surface area contributed by atoms with Crippen LogP contribution in [-0.4, -0.2) is 27.1 Å². The summed E-state index contributed by atoms with van der Waals surface area (Å²) in [6, 6.07) is 13.0. The van der Waals surface area contributed by atoms with Crippen molar-refractivity contribution >= 4 is 11.8 Å². The molecule has 0 atom stereocenters. The molecule has 0 radical (unpaired) electrons. The van der Waals surface area contributed by atoms with Gasteiger partial charge in [0.2, 0.25) is 0 Å². The minimum Gasteiger partial charge on any atom is -0.493 e. The van der Waals surface area contributed by atoms with E-state index < -0.39 is 0 Å². The van der Waals surface area contributed by atoms with Crippen LogP contribution in [0.25, 0.3) is 0 Å². The fourth-order valence-corrected chi connectivity index (χ4v) is 2.71.